The monoisotopic (exact) mass is 532 g/mol. The Kier molecular flexibility index (Phi) is 9.42. The maximum Gasteiger partial charge on any atom is 0.343 e. The average Bonchev–Trinajstić information content (AvgIpc) is 2.94. The third-order valence-electron chi connectivity index (χ3n) is 6.50. The Morgan fingerprint density at radius 3 is 1.90 bits per heavy atom. The summed E-state index contributed by atoms with van der Waals surface area (Å²) in [7, 11) is 0. The second kappa shape index (κ2) is 13.1. The summed E-state index contributed by atoms with van der Waals surface area (Å²) >= 11 is 0. The lowest BCUT2D eigenvalue weighted by molar-refractivity contribution is 0.0734. The van der Waals surface area contributed by atoms with Gasteiger partial charge in [-0.1, -0.05) is 86.7 Å². The van der Waals surface area contributed by atoms with Crippen LogP contribution in [0.3, 0.4) is 0 Å². The molecule has 3 nitrogen and oxygen atoms in total. The number of unbranched alkanes of at least 4 members (excludes halogenated alkanes) is 4. The molecule has 0 bridgehead atoms. The summed E-state index contributed by atoms with van der Waals surface area (Å²) in [6.45, 7) is 4.49. The molecule has 0 heterocycles. The van der Waals surface area contributed by atoms with Gasteiger partial charge in [0.2, 0.25) is 0 Å². The maximum atomic E-state index is 15.0. The molecule has 0 saturated carbocycles. The molecule has 0 unspecified atom stereocenters. The summed E-state index contributed by atoms with van der Waals surface area (Å²) in [5, 5.41) is 0. The van der Waals surface area contributed by atoms with Crippen molar-refractivity contribution in [3.05, 3.63) is 107 Å². The summed E-state index contributed by atoms with van der Waals surface area (Å²) in [6, 6.07) is 20.2. The predicted molar refractivity (Wildman–Crippen MR) is 148 cm³/mol. The fraction of sp³-hybridized carbons (Fsp3) is 0.242. The van der Waals surface area contributed by atoms with Crippen molar-refractivity contribution in [2.45, 2.75) is 46.0 Å². The highest BCUT2D eigenvalue weighted by Gasteiger charge is 2.17. The molecule has 4 aromatic rings. The number of carbonyl (C=O) groups excluding carboxylic acids is 1. The molecule has 0 aliphatic rings. The molecular weight excluding hydrogens is 501 g/mol. The second-order valence-corrected chi connectivity index (χ2v) is 9.48. The summed E-state index contributed by atoms with van der Waals surface area (Å²) < 4.78 is 55.1. The molecule has 4 rings (SSSR count). The highest BCUT2D eigenvalue weighted by Crippen LogP contribution is 2.32. The van der Waals surface area contributed by atoms with Crippen molar-refractivity contribution >= 4 is 5.97 Å². The van der Waals surface area contributed by atoms with Crippen LogP contribution in [0, 0.1) is 24.4 Å². The fourth-order valence-corrected chi connectivity index (χ4v) is 4.23. The summed E-state index contributed by atoms with van der Waals surface area (Å²) in [6.07, 6.45) is 5.34. The Hall–Kier alpha value is -4.06. The van der Waals surface area contributed by atoms with Crippen molar-refractivity contribution in [1.82, 2.24) is 0 Å². The van der Waals surface area contributed by atoms with Crippen LogP contribution in [0.15, 0.2) is 78.9 Å². The van der Waals surface area contributed by atoms with Crippen LogP contribution in [0.25, 0.3) is 22.3 Å². The Balaban J connectivity index is 1.39. The van der Waals surface area contributed by atoms with Crippen LogP contribution in [0.4, 0.5) is 13.2 Å². The number of esters is 1. The molecule has 4 aromatic carbocycles. The number of carbonyl (C=O) groups is 1. The van der Waals surface area contributed by atoms with E-state index in [0.29, 0.717) is 17.7 Å². The van der Waals surface area contributed by atoms with Crippen molar-refractivity contribution in [2.24, 2.45) is 0 Å². The van der Waals surface area contributed by atoms with Gasteiger partial charge in [0.25, 0.3) is 0 Å². The highest BCUT2D eigenvalue weighted by molar-refractivity contribution is 5.91. The number of benzene rings is 4. The van der Waals surface area contributed by atoms with Crippen molar-refractivity contribution in [3.63, 3.8) is 0 Å². The zero-order chi connectivity index (χ0) is 27.8. The van der Waals surface area contributed by atoms with Gasteiger partial charge in [-0.3, -0.25) is 0 Å². The number of halogens is 3. The van der Waals surface area contributed by atoms with Gasteiger partial charge < -0.3 is 9.47 Å². The van der Waals surface area contributed by atoms with Gasteiger partial charge in [0.15, 0.2) is 23.2 Å². The number of aryl methyl sites for hydroxylation is 1. The van der Waals surface area contributed by atoms with Crippen molar-refractivity contribution in [3.8, 4) is 33.8 Å². The smallest absolute Gasteiger partial charge is 0.343 e. The van der Waals surface area contributed by atoms with Gasteiger partial charge in [0.1, 0.15) is 5.75 Å². The zero-order valence-electron chi connectivity index (χ0n) is 22.1. The van der Waals surface area contributed by atoms with E-state index < -0.39 is 23.4 Å². The molecule has 0 atom stereocenters. The number of hydrogen-bond acceptors (Lipinski definition) is 3. The van der Waals surface area contributed by atoms with E-state index in [4.69, 9.17) is 9.47 Å². The van der Waals surface area contributed by atoms with Crippen LogP contribution in [-0.2, 0) is 0 Å². The first-order chi connectivity index (χ1) is 18.9. The van der Waals surface area contributed by atoms with Gasteiger partial charge in [0.05, 0.1) is 12.2 Å². The van der Waals surface area contributed by atoms with E-state index in [9.17, 15) is 18.0 Å². The molecular formula is C33H31F3O3. The first-order valence-corrected chi connectivity index (χ1v) is 13.2. The van der Waals surface area contributed by atoms with Gasteiger partial charge in [-0.25, -0.2) is 18.0 Å². The summed E-state index contributed by atoms with van der Waals surface area (Å²) in [4.78, 5) is 12.6. The molecule has 0 aromatic heterocycles. The molecule has 0 aliphatic carbocycles. The minimum absolute atomic E-state index is 0.0386. The van der Waals surface area contributed by atoms with Crippen molar-refractivity contribution < 1.29 is 27.4 Å². The Morgan fingerprint density at radius 2 is 1.31 bits per heavy atom. The quantitative estimate of drug-likeness (QED) is 0.110. The molecule has 0 amide bonds. The molecule has 0 saturated heterocycles. The average molecular weight is 533 g/mol. The van der Waals surface area contributed by atoms with Gasteiger partial charge in [-0.05, 0) is 48.7 Å². The molecule has 0 aliphatic heterocycles. The minimum Gasteiger partial charge on any atom is -0.491 e. The molecule has 6 heteroatoms. The number of hydrogen-bond donors (Lipinski definition) is 0. The topological polar surface area (TPSA) is 35.5 Å². The number of ether oxygens (including phenoxy) is 2. The van der Waals surface area contributed by atoms with E-state index in [-0.39, 0.29) is 28.2 Å². The first-order valence-electron chi connectivity index (χ1n) is 13.2. The van der Waals surface area contributed by atoms with Gasteiger partial charge in [-0.2, -0.15) is 0 Å². The van der Waals surface area contributed by atoms with E-state index in [0.717, 1.165) is 37.3 Å². The number of rotatable bonds is 11. The molecule has 0 N–H and O–H groups in total. The largest absolute Gasteiger partial charge is 0.491 e. The van der Waals surface area contributed by atoms with Crippen molar-refractivity contribution in [2.75, 3.05) is 6.61 Å². The lowest BCUT2D eigenvalue weighted by Crippen LogP contribution is -2.09. The van der Waals surface area contributed by atoms with Crippen molar-refractivity contribution in [1.29, 1.82) is 0 Å². The Labute approximate surface area is 227 Å². The van der Waals surface area contributed by atoms with Gasteiger partial charge in [-0.15, -0.1) is 0 Å². The summed E-state index contributed by atoms with van der Waals surface area (Å²) in [5.74, 6) is -3.08. The van der Waals surface area contributed by atoms with E-state index in [2.05, 4.69) is 6.92 Å². The fourth-order valence-electron chi connectivity index (χ4n) is 4.23. The summed E-state index contributed by atoms with van der Waals surface area (Å²) in [5.41, 5.74) is 2.44. The molecule has 0 spiro atoms. The van der Waals surface area contributed by atoms with E-state index in [1.807, 2.05) is 19.1 Å². The van der Waals surface area contributed by atoms with Crippen LogP contribution in [-0.4, -0.2) is 12.6 Å². The Bertz CT molecular complexity index is 1410. The third-order valence-corrected chi connectivity index (χ3v) is 6.50. The zero-order valence-corrected chi connectivity index (χ0v) is 22.1. The maximum absolute atomic E-state index is 15.0. The second-order valence-electron chi connectivity index (χ2n) is 9.48. The first kappa shape index (κ1) is 28.0. The highest BCUT2D eigenvalue weighted by atomic mass is 19.2. The minimum atomic E-state index is -0.970. The van der Waals surface area contributed by atoms with Crippen LogP contribution >= 0.6 is 0 Å². The Morgan fingerprint density at radius 1 is 0.718 bits per heavy atom. The molecule has 202 valence electrons. The van der Waals surface area contributed by atoms with E-state index in [1.54, 1.807) is 12.1 Å². The lowest BCUT2D eigenvalue weighted by Gasteiger charge is -2.11. The predicted octanol–water partition coefficient (Wildman–Crippen LogP) is 9.31. The van der Waals surface area contributed by atoms with Crippen LogP contribution in [0.2, 0.25) is 0 Å². The van der Waals surface area contributed by atoms with Gasteiger partial charge in [0, 0.05) is 17.2 Å². The normalized spacial score (nSPS) is 10.9. The van der Waals surface area contributed by atoms with Crippen LogP contribution in [0.5, 0.6) is 11.5 Å². The van der Waals surface area contributed by atoms with Gasteiger partial charge >= 0.3 is 5.97 Å². The van der Waals surface area contributed by atoms with E-state index >= 15 is 0 Å². The van der Waals surface area contributed by atoms with Crippen LogP contribution in [0.1, 0.15) is 54.9 Å². The SMILES string of the molecule is CCCCCCCOc1ccc(OC(=O)c2ccc(-c3ccc(-c4ccc(C)cc4)c(F)c3F)cc2)cc1F. The lowest BCUT2D eigenvalue weighted by atomic mass is 9.98. The van der Waals surface area contributed by atoms with Crippen LogP contribution < -0.4 is 9.47 Å². The molecule has 0 fully saturated rings. The van der Waals surface area contributed by atoms with E-state index in [1.165, 1.54) is 55.0 Å². The molecule has 39 heavy (non-hydrogen) atoms. The third kappa shape index (κ3) is 7.08. The standard InChI is InChI=1S/C33H31F3O3/c1-3-4-5-6-7-20-38-30-19-16-26(21-29(30)34)39-33(37)25-14-12-24(13-15-25)28-18-17-27(31(35)32(28)36)23-10-8-22(2)9-11-23/h8-19,21H,3-7,20H2,1-2H3. The molecule has 0 radical (unpaired) electrons.